The van der Waals surface area contributed by atoms with Crippen molar-refractivity contribution in [2.45, 2.75) is 17.6 Å². The highest BCUT2D eigenvalue weighted by atomic mass is 35.5. The van der Waals surface area contributed by atoms with E-state index in [-0.39, 0.29) is 0 Å². The molecule has 2 nitrogen and oxygen atoms in total. The van der Waals surface area contributed by atoms with Crippen LogP contribution in [-0.4, -0.2) is 11.1 Å². The van der Waals surface area contributed by atoms with Crippen LogP contribution in [0, 0.1) is 6.92 Å². The highest BCUT2D eigenvalue weighted by Gasteiger charge is 2.07. The molecule has 0 aliphatic heterocycles. The molecule has 0 fully saturated rings. The van der Waals surface area contributed by atoms with Crippen LogP contribution in [-0.2, 0) is 5.75 Å². The summed E-state index contributed by atoms with van der Waals surface area (Å²) in [5, 5.41) is 9.71. The Bertz CT molecular complexity index is 594. The van der Waals surface area contributed by atoms with Crippen molar-refractivity contribution < 1.29 is 9.90 Å². The fourth-order valence-electron chi connectivity index (χ4n) is 1.63. The number of aryl methyl sites for hydroxylation is 1. The van der Waals surface area contributed by atoms with Gasteiger partial charge in [-0.2, -0.15) is 0 Å². The second-order valence-corrected chi connectivity index (χ2v) is 5.65. The van der Waals surface area contributed by atoms with Crippen molar-refractivity contribution in [1.82, 2.24) is 0 Å². The van der Waals surface area contributed by atoms with E-state index in [0.29, 0.717) is 5.56 Å². The first-order valence-corrected chi connectivity index (χ1v) is 7.14. The smallest absolute Gasteiger partial charge is 0.335 e. The van der Waals surface area contributed by atoms with Crippen LogP contribution in [0.2, 0.25) is 5.02 Å². The predicted octanol–water partition coefficient (Wildman–Crippen LogP) is 4.64. The lowest BCUT2D eigenvalue weighted by Gasteiger charge is -2.07. The molecule has 0 amide bonds. The Labute approximate surface area is 121 Å². The normalized spacial score (nSPS) is 10.4. The highest BCUT2D eigenvalue weighted by Crippen LogP contribution is 2.27. The minimum absolute atomic E-state index is 0.323. The molecule has 98 valence electrons. The quantitative estimate of drug-likeness (QED) is 0.834. The van der Waals surface area contributed by atoms with Gasteiger partial charge in [-0.25, -0.2) is 4.79 Å². The van der Waals surface area contributed by atoms with Gasteiger partial charge in [0.1, 0.15) is 0 Å². The summed E-state index contributed by atoms with van der Waals surface area (Å²) < 4.78 is 0. The molecule has 2 rings (SSSR count). The van der Waals surface area contributed by atoms with Gasteiger partial charge in [-0.05, 0) is 42.3 Å². The van der Waals surface area contributed by atoms with Gasteiger partial charge >= 0.3 is 5.97 Å². The van der Waals surface area contributed by atoms with Crippen molar-refractivity contribution in [1.29, 1.82) is 0 Å². The van der Waals surface area contributed by atoms with E-state index in [1.807, 2.05) is 37.3 Å². The molecule has 19 heavy (non-hydrogen) atoms. The first kappa shape index (κ1) is 14.0. The molecule has 2 aromatic rings. The number of rotatable bonds is 4. The van der Waals surface area contributed by atoms with Crippen molar-refractivity contribution in [3.8, 4) is 0 Å². The second kappa shape index (κ2) is 6.13. The lowest BCUT2D eigenvalue weighted by molar-refractivity contribution is 0.0696. The van der Waals surface area contributed by atoms with Crippen LogP contribution in [0.1, 0.15) is 21.5 Å². The number of aromatic carboxylic acids is 1. The van der Waals surface area contributed by atoms with Gasteiger partial charge in [-0.1, -0.05) is 29.8 Å². The first-order valence-electron chi connectivity index (χ1n) is 5.77. The molecular formula is C15H13ClO2S. The van der Waals surface area contributed by atoms with Gasteiger partial charge in [-0.3, -0.25) is 0 Å². The fraction of sp³-hybridized carbons (Fsp3) is 0.133. The Balaban J connectivity index is 2.12. The summed E-state index contributed by atoms with van der Waals surface area (Å²) >= 11 is 7.47. The van der Waals surface area contributed by atoms with Gasteiger partial charge < -0.3 is 5.11 Å². The molecule has 0 atom stereocenters. The minimum Gasteiger partial charge on any atom is -0.478 e. The molecule has 0 heterocycles. The molecule has 0 aliphatic carbocycles. The minimum atomic E-state index is -0.895. The topological polar surface area (TPSA) is 37.3 Å². The molecule has 0 radical (unpaired) electrons. The van der Waals surface area contributed by atoms with Crippen molar-refractivity contribution in [3.63, 3.8) is 0 Å². The molecule has 4 heteroatoms. The summed E-state index contributed by atoms with van der Waals surface area (Å²) in [5.41, 5.74) is 2.57. The first-order chi connectivity index (χ1) is 9.06. The number of carbonyl (C=O) groups is 1. The molecule has 2 aromatic carbocycles. The maximum atomic E-state index is 11.0. The van der Waals surface area contributed by atoms with E-state index in [4.69, 9.17) is 16.7 Å². The highest BCUT2D eigenvalue weighted by molar-refractivity contribution is 7.98. The summed E-state index contributed by atoms with van der Waals surface area (Å²) in [5.74, 6) is -0.102. The number of hydrogen-bond donors (Lipinski definition) is 1. The number of carboxylic acid groups (broad SMARTS) is 1. The van der Waals surface area contributed by atoms with Crippen LogP contribution >= 0.6 is 23.4 Å². The van der Waals surface area contributed by atoms with Crippen LogP contribution in [0.15, 0.2) is 47.4 Å². The van der Waals surface area contributed by atoms with E-state index >= 15 is 0 Å². The Morgan fingerprint density at radius 2 is 1.89 bits per heavy atom. The summed E-state index contributed by atoms with van der Waals surface area (Å²) in [6, 6.07) is 12.9. The van der Waals surface area contributed by atoms with E-state index < -0.39 is 5.97 Å². The number of benzene rings is 2. The lowest BCUT2D eigenvalue weighted by atomic mass is 10.1. The average molecular weight is 293 g/mol. The molecular weight excluding hydrogens is 280 g/mol. The van der Waals surface area contributed by atoms with Crippen molar-refractivity contribution in [3.05, 3.63) is 64.2 Å². The number of halogens is 1. The SMILES string of the molecule is Cc1ccc(C(=O)O)cc1SCc1ccc(Cl)cc1. The molecule has 0 unspecified atom stereocenters. The van der Waals surface area contributed by atoms with Crippen LogP contribution in [0.3, 0.4) is 0 Å². The third-order valence-corrected chi connectivity index (χ3v) is 4.22. The van der Waals surface area contributed by atoms with Crippen molar-refractivity contribution in [2.24, 2.45) is 0 Å². The molecule has 0 bridgehead atoms. The molecule has 0 saturated carbocycles. The summed E-state index contributed by atoms with van der Waals surface area (Å²) in [4.78, 5) is 11.9. The van der Waals surface area contributed by atoms with Crippen molar-refractivity contribution in [2.75, 3.05) is 0 Å². The molecule has 0 aliphatic rings. The van der Waals surface area contributed by atoms with Crippen LogP contribution in [0.4, 0.5) is 0 Å². The molecule has 0 spiro atoms. The largest absolute Gasteiger partial charge is 0.478 e. The standard InChI is InChI=1S/C15H13ClO2S/c1-10-2-5-12(15(17)18)8-14(10)19-9-11-3-6-13(16)7-4-11/h2-8H,9H2,1H3,(H,17,18). The maximum absolute atomic E-state index is 11.0. The van der Waals surface area contributed by atoms with Gasteiger partial charge in [0, 0.05) is 15.7 Å². The van der Waals surface area contributed by atoms with Gasteiger partial charge in [-0.15, -0.1) is 11.8 Å². The maximum Gasteiger partial charge on any atom is 0.335 e. The Hall–Kier alpha value is -1.45. The van der Waals surface area contributed by atoms with E-state index in [1.54, 1.807) is 23.9 Å². The number of thioether (sulfide) groups is 1. The zero-order chi connectivity index (χ0) is 13.8. The van der Waals surface area contributed by atoms with E-state index in [0.717, 1.165) is 26.8 Å². The van der Waals surface area contributed by atoms with E-state index in [1.165, 1.54) is 0 Å². The molecule has 1 N–H and O–H groups in total. The number of carboxylic acids is 1. The lowest BCUT2D eigenvalue weighted by Crippen LogP contribution is -1.96. The number of hydrogen-bond acceptors (Lipinski definition) is 2. The van der Waals surface area contributed by atoms with Crippen molar-refractivity contribution >= 4 is 29.3 Å². The third-order valence-electron chi connectivity index (χ3n) is 2.74. The molecule has 0 saturated heterocycles. The monoisotopic (exact) mass is 292 g/mol. The Morgan fingerprint density at radius 1 is 1.21 bits per heavy atom. The van der Waals surface area contributed by atoms with Gasteiger partial charge in [0.15, 0.2) is 0 Å². The third kappa shape index (κ3) is 3.75. The van der Waals surface area contributed by atoms with E-state index in [2.05, 4.69) is 0 Å². The van der Waals surface area contributed by atoms with Crippen LogP contribution in [0.25, 0.3) is 0 Å². The van der Waals surface area contributed by atoms with Crippen LogP contribution < -0.4 is 0 Å². The van der Waals surface area contributed by atoms with Crippen LogP contribution in [0.5, 0.6) is 0 Å². The zero-order valence-electron chi connectivity index (χ0n) is 10.4. The molecule has 0 aromatic heterocycles. The predicted molar refractivity (Wildman–Crippen MR) is 79.2 cm³/mol. The second-order valence-electron chi connectivity index (χ2n) is 4.20. The fourth-order valence-corrected chi connectivity index (χ4v) is 2.78. The van der Waals surface area contributed by atoms with Gasteiger partial charge in [0.2, 0.25) is 0 Å². The summed E-state index contributed by atoms with van der Waals surface area (Å²) in [6.07, 6.45) is 0. The summed E-state index contributed by atoms with van der Waals surface area (Å²) in [6.45, 7) is 1.98. The van der Waals surface area contributed by atoms with E-state index in [9.17, 15) is 4.79 Å². The summed E-state index contributed by atoms with van der Waals surface area (Å²) in [7, 11) is 0. The Morgan fingerprint density at radius 3 is 2.53 bits per heavy atom. The Kier molecular flexibility index (Phi) is 4.51. The average Bonchev–Trinajstić information content (AvgIpc) is 2.39. The van der Waals surface area contributed by atoms with Gasteiger partial charge in [0.25, 0.3) is 0 Å². The van der Waals surface area contributed by atoms with Gasteiger partial charge in [0.05, 0.1) is 5.56 Å². The zero-order valence-corrected chi connectivity index (χ0v) is 12.0.